The molecule has 0 fully saturated rings. The van der Waals surface area contributed by atoms with E-state index in [9.17, 15) is 0 Å². The Bertz CT molecular complexity index is 173. The standard InChI is InChI=1S/C13H29BO/c1-11(2)8-9-13(5,6)15-10-12(3,4)14-7/h11,14H,8-10H2,1-7H3. The second kappa shape index (κ2) is 5.93. The molecule has 2 heteroatoms. The maximum Gasteiger partial charge on any atom is 0.127 e. The van der Waals surface area contributed by atoms with E-state index in [0.717, 1.165) is 18.9 Å². The summed E-state index contributed by atoms with van der Waals surface area (Å²) in [5.74, 6) is 0.770. The topological polar surface area (TPSA) is 9.23 Å². The third kappa shape index (κ3) is 7.90. The SMILES string of the molecule is CBC(C)(C)COC(C)(C)CCC(C)C. The Hall–Kier alpha value is 0.0249. The van der Waals surface area contributed by atoms with Crippen LogP contribution >= 0.6 is 0 Å². The van der Waals surface area contributed by atoms with Crippen molar-refractivity contribution in [2.45, 2.75) is 72.1 Å². The molecule has 0 radical (unpaired) electrons. The Morgan fingerprint density at radius 2 is 1.67 bits per heavy atom. The predicted molar refractivity (Wildman–Crippen MR) is 71.2 cm³/mol. The molecule has 0 aromatic heterocycles. The molecule has 0 aromatic rings. The van der Waals surface area contributed by atoms with Crippen molar-refractivity contribution in [1.29, 1.82) is 0 Å². The Morgan fingerprint density at radius 3 is 2.07 bits per heavy atom. The van der Waals surface area contributed by atoms with E-state index in [2.05, 4.69) is 48.4 Å². The van der Waals surface area contributed by atoms with Gasteiger partial charge in [-0.15, -0.1) is 0 Å². The monoisotopic (exact) mass is 212 g/mol. The second-order valence-corrected chi connectivity index (χ2v) is 6.50. The van der Waals surface area contributed by atoms with Gasteiger partial charge in [0.25, 0.3) is 0 Å². The first kappa shape index (κ1) is 15.0. The molecule has 0 aromatic carbocycles. The summed E-state index contributed by atoms with van der Waals surface area (Å²) >= 11 is 0. The van der Waals surface area contributed by atoms with Crippen LogP contribution in [0.15, 0.2) is 0 Å². The van der Waals surface area contributed by atoms with Gasteiger partial charge >= 0.3 is 0 Å². The van der Waals surface area contributed by atoms with E-state index in [1.165, 1.54) is 13.7 Å². The van der Waals surface area contributed by atoms with Crippen molar-refractivity contribution in [2.75, 3.05) is 6.61 Å². The smallest absolute Gasteiger partial charge is 0.127 e. The van der Waals surface area contributed by atoms with Gasteiger partial charge in [-0.25, -0.2) is 0 Å². The summed E-state index contributed by atoms with van der Waals surface area (Å²) in [6, 6.07) is 0. The van der Waals surface area contributed by atoms with Crippen LogP contribution in [-0.4, -0.2) is 19.5 Å². The van der Waals surface area contributed by atoms with Gasteiger partial charge in [-0.3, -0.25) is 0 Å². The fraction of sp³-hybridized carbons (Fsp3) is 1.00. The van der Waals surface area contributed by atoms with Crippen LogP contribution in [0.25, 0.3) is 0 Å². The molecule has 0 heterocycles. The fourth-order valence-corrected chi connectivity index (χ4v) is 1.20. The summed E-state index contributed by atoms with van der Waals surface area (Å²) in [7, 11) is 1.17. The quantitative estimate of drug-likeness (QED) is 0.581. The van der Waals surface area contributed by atoms with Crippen LogP contribution in [0.3, 0.4) is 0 Å². The lowest BCUT2D eigenvalue weighted by Crippen LogP contribution is -2.30. The highest BCUT2D eigenvalue weighted by molar-refractivity contribution is 6.37. The Labute approximate surface area is 97.2 Å². The van der Waals surface area contributed by atoms with Crippen LogP contribution < -0.4 is 0 Å². The molecule has 0 aliphatic carbocycles. The van der Waals surface area contributed by atoms with Crippen molar-refractivity contribution in [2.24, 2.45) is 5.92 Å². The van der Waals surface area contributed by atoms with Crippen LogP contribution in [0, 0.1) is 5.92 Å². The molecule has 0 saturated carbocycles. The van der Waals surface area contributed by atoms with E-state index in [0.29, 0.717) is 5.31 Å². The molecule has 0 amide bonds. The Kier molecular flexibility index (Phi) is 5.94. The maximum atomic E-state index is 6.04. The summed E-state index contributed by atoms with van der Waals surface area (Å²) in [5, 5.41) is 0.315. The minimum Gasteiger partial charge on any atom is -0.376 e. The number of rotatable bonds is 7. The molecule has 0 rings (SSSR count). The zero-order chi connectivity index (χ0) is 12.1. The molecule has 90 valence electrons. The lowest BCUT2D eigenvalue weighted by Gasteiger charge is -2.31. The molecule has 0 N–H and O–H groups in total. The number of hydrogen-bond donors (Lipinski definition) is 0. The summed E-state index contributed by atoms with van der Waals surface area (Å²) in [4.78, 5) is 0. The van der Waals surface area contributed by atoms with Crippen LogP contribution in [0.2, 0.25) is 12.1 Å². The van der Waals surface area contributed by atoms with Crippen molar-refractivity contribution >= 4 is 7.28 Å². The van der Waals surface area contributed by atoms with Gasteiger partial charge in [0.15, 0.2) is 0 Å². The summed E-state index contributed by atoms with van der Waals surface area (Å²) in [5.41, 5.74) is 0.0384. The van der Waals surface area contributed by atoms with E-state index < -0.39 is 0 Å². The molecule has 0 atom stereocenters. The van der Waals surface area contributed by atoms with Gasteiger partial charge in [0.05, 0.1) is 5.60 Å². The van der Waals surface area contributed by atoms with Crippen LogP contribution in [0.5, 0.6) is 0 Å². The third-order valence-corrected chi connectivity index (χ3v) is 3.13. The first-order valence-electron chi connectivity index (χ1n) is 6.32. The minimum absolute atomic E-state index is 0.0384. The van der Waals surface area contributed by atoms with Gasteiger partial charge in [0, 0.05) is 6.61 Å². The minimum atomic E-state index is 0.0384. The second-order valence-electron chi connectivity index (χ2n) is 6.50. The van der Waals surface area contributed by atoms with Crippen molar-refractivity contribution in [3.63, 3.8) is 0 Å². The van der Waals surface area contributed by atoms with E-state index in [1.54, 1.807) is 0 Å². The molecule has 1 nitrogen and oxygen atoms in total. The highest BCUT2D eigenvalue weighted by Crippen LogP contribution is 2.27. The van der Waals surface area contributed by atoms with Crippen molar-refractivity contribution in [3.8, 4) is 0 Å². The van der Waals surface area contributed by atoms with E-state index >= 15 is 0 Å². The molecule has 0 aliphatic rings. The van der Waals surface area contributed by atoms with Gasteiger partial charge in [0.2, 0.25) is 0 Å². The zero-order valence-electron chi connectivity index (χ0n) is 11.8. The average molecular weight is 212 g/mol. The molecule has 0 saturated heterocycles. The first-order valence-corrected chi connectivity index (χ1v) is 6.32. The van der Waals surface area contributed by atoms with Crippen LogP contribution in [-0.2, 0) is 4.74 Å². The normalized spacial score (nSPS) is 13.3. The number of ether oxygens (including phenoxy) is 1. The van der Waals surface area contributed by atoms with Gasteiger partial charge in [-0.05, 0) is 37.9 Å². The summed E-state index contributed by atoms with van der Waals surface area (Å²) in [6.07, 6.45) is 2.41. The highest BCUT2D eigenvalue weighted by atomic mass is 16.5. The average Bonchev–Trinajstić information content (AvgIpc) is 2.13. The van der Waals surface area contributed by atoms with Gasteiger partial charge in [-0.1, -0.05) is 34.5 Å². The van der Waals surface area contributed by atoms with Gasteiger partial charge in [0.1, 0.15) is 7.28 Å². The van der Waals surface area contributed by atoms with Crippen molar-refractivity contribution < 1.29 is 4.74 Å². The van der Waals surface area contributed by atoms with Gasteiger partial charge in [-0.2, -0.15) is 0 Å². The highest BCUT2D eigenvalue weighted by Gasteiger charge is 2.24. The first-order chi connectivity index (χ1) is 6.68. The Balaban J connectivity index is 3.93. The van der Waals surface area contributed by atoms with E-state index in [4.69, 9.17) is 4.74 Å². The molecule has 0 spiro atoms. The fourth-order valence-electron chi connectivity index (χ4n) is 1.20. The van der Waals surface area contributed by atoms with Crippen molar-refractivity contribution in [3.05, 3.63) is 0 Å². The largest absolute Gasteiger partial charge is 0.376 e. The molecule has 0 aliphatic heterocycles. The lowest BCUT2D eigenvalue weighted by atomic mass is 9.56. The summed E-state index contributed by atoms with van der Waals surface area (Å²) in [6.45, 7) is 16.6. The summed E-state index contributed by atoms with van der Waals surface area (Å²) < 4.78 is 6.04. The molecule has 0 bridgehead atoms. The number of hydrogen-bond acceptors (Lipinski definition) is 1. The van der Waals surface area contributed by atoms with Crippen LogP contribution in [0.1, 0.15) is 54.4 Å². The third-order valence-electron chi connectivity index (χ3n) is 3.13. The molecular formula is C13H29BO. The van der Waals surface area contributed by atoms with E-state index in [-0.39, 0.29) is 5.60 Å². The van der Waals surface area contributed by atoms with Gasteiger partial charge < -0.3 is 4.74 Å². The molecule has 15 heavy (non-hydrogen) atoms. The molecular weight excluding hydrogens is 183 g/mol. The zero-order valence-corrected chi connectivity index (χ0v) is 11.8. The Morgan fingerprint density at radius 1 is 1.13 bits per heavy atom. The predicted octanol–water partition coefficient (Wildman–Crippen LogP) is 3.90. The lowest BCUT2D eigenvalue weighted by molar-refractivity contribution is -0.0362. The molecule has 0 unspecified atom stereocenters. The maximum absolute atomic E-state index is 6.04. The van der Waals surface area contributed by atoms with Crippen molar-refractivity contribution in [1.82, 2.24) is 0 Å². The van der Waals surface area contributed by atoms with E-state index in [1.807, 2.05) is 0 Å². The van der Waals surface area contributed by atoms with Crippen LogP contribution in [0.4, 0.5) is 0 Å².